The van der Waals surface area contributed by atoms with Crippen molar-refractivity contribution in [2.24, 2.45) is 0 Å². The molecule has 0 heterocycles. The van der Waals surface area contributed by atoms with E-state index in [4.69, 9.17) is 0 Å². The SMILES string of the molecule is [CH2]CC(F)(F)[C@H](F)C(F)(F)C(C)F. The molecule has 0 aliphatic heterocycles. The minimum absolute atomic E-state index is 0.325. The van der Waals surface area contributed by atoms with Gasteiger partial charge in [-0.3, -0.25) is 0 Å². The van der Waals surface area contributed by atoms with E-state index in [0.29, 0.717) is 6.92 Å². The fourth-order valence-electron chi connectivity index (χ4n) is 0.610. The maximum Gasteiger partial charge on any atom is 0.314 e. The Morgan fingerprint density at radius 2 is 1.54 bits per heavy atom. The molecule has 0 aromatic carbocycles. The number of rotatable bonds is 4. The van der Waals surface area contributed by atoms with Gasteiger partial charge in [0.15, 0.2) is 6.17 Å². The van der Waals surface area contributed by atoms with Gasteiger partial charge in [-0.05, 0) is 13.8 Å². The molecule has 0 saturated heterocycles. The Morgan fingerprint density at radius 1 is 1.15 bits per heavy atom. The molecule has 0 rings (SSSR count). The average molecular weight is 207 g/mol. The van der Waals surface area contributed by atoms with Crippen LogP contribution >= 0.6 is 0 Å². The lowest BCUT2D eigenvalue weighted by molar-refractivity contribution is -0.202. The first-order chi connectivity index (χ1) is 5.66. The predicted octanol–water partition coefficient (Wildman–Crippen LogP) is 3.18. The highest BCUT2D eigenvalue weighted by Crippen LogP contribution is 2.38. The lowest BCUT2D eigenvalue weighted by Gasteiger charge is -2.27. The smallest absolute Gasteiger partial charge is 0.241 e. The first-order valence-electron chi connectivity index (χ1n) is 3.49. The van der Waals surface area contributed by atoms with E-state index in [9.17, 15) is 26.3 Å². The summed E-state index contributed by atoms with van der Waals surface area (Å²) in [6.45, 7) is 2.93. The third-order valence-corrected chi connectivity index (χ3v) is 1.57. The van der Waals surface area contributed by atoms with Gasteiger partial charge in [0.2, 0.25) is 6.17 Å². The number of hydrogen-bond donors (Lipinski definition) is 0. The van der Waals surface area contributed by atoms with Gasteiger partial charge in [0, 0.05) is 6.42 Å². The van der Waals surface area contributed by atoms with Crippen molar-refractivity contribution >= 4 is 0 Å². The first-order valence-corrected chi connectivity index (χ1v) is 3.49. The van der Waals surface area contributed by atoms with Crippen molar-refractivity contribution in [3.05, 3.63) is 6.92 Å². The van der Waals surface area contributed by atoms with Crippen LogP contribution in [0.3, 0.4) is 0 Å². The van der Waals surface area contributed by atoms with Crippen LogP contribution in [0.15, 0.2) is 0 Å². The van der Waals surface area contributed by atoms with Crippen LogP contribution < -0.4 is 0 Å². The van der Waals surface area contributed by atoms with Crippen LogP contribution in [0.1, 0.15) is 13.3 Å². The molecule has 2 atom stereocenters. The van der Waals surface area contributed by atoms with Crippen molar-refractivity contribution in [3.8, 4) is 0 Å². The molecule has 0 N–H and O–H groups in total. The van der Waals surface area contributed by atoms with Crippen LogP contribution in [-0.2, 0) is 0 Å². The number of hydrogen-bond acceptors (Lipinski definition) is 0. The van der Waals surface area contributed by atoms with Crippen LogP contribution in [0.25, 0.3) is 0 Å². The Bertz CT molecular complexity index is 164. The Kier molecular flexibility index (Phi) is 3.63. The van der Waals surface area contributed by atoms with Crippen LogP contribution in [0, 0.1) is 6.92 Å². The first kappa shape index (κ1) is 12.6. The molecule has 0 spiro atoms. The lowest BCUT2D eigenvalue weighted by Crippen LogP contribution is -2.48. The van der Waals surface area contributed by atoms with E-state index >= 15 is 0 Å². The van der Waals surface area contributed by atoms with E-state index < -0.39 is 30.6 Å². The van der Waals surface area contributed by atoms with Crippen LogP contribution in [0.5, 0.6) is 0 Å². The number of alkyl halides is 6. The van der Waals surface area contributed by atoms with Crippen LogP contribution in [-0.4, -0.2) is 24.2 Å². The van der Waals surface area contributed by atoms with Crippen molar-refractivity contribution in [2.75, 3.05) is 0 Å². The molecule has 0 fully saturated rings. The summed E-state index contributed by atoms with van der Waals surface area (Å²) >= 11 is 0. The third kappa shape index (κ3) is 2.51. The van der Waals surface area contributed by atoms with Crippen molar-refractivity contribution in [1.82, 2.24) is 0 Å². The molecule has 1 unspecified atom stereocenters. The molecule has 6 heteroatoms. The minimum atomic E-state index is -4.68. The van der Waals surface area contributed by atoms with E-state index in [1.165, 1.54) is 0 Å². The minimum Gasteiger partial charge on any atom is -0.241 e. The van der Waals surface area contributed by atoms with E-state index in [0.717, 1.165) is 0 Å². The summed E-state index contributed by atoms with van der Waals surface area (Å²) < 4.78 is 73.8. The van der Waals surface area contributed by atoms with Crippen LogP contribution in [0.4, 0.5) is 26.3 Å². The standard InChI is InChI=1S/C7H9F6/c1-3-6(10,11)5(9)7(12,13)4(2)8/h4-5H,1,3H2,2H3/t4?,5-/m0/s1. The van der Waals surface area contributed by atoms with Gasteiger partial charge in [0.05, 0.1) is 0 Å². The van der Waals surface area contributed by atoms with Gasteiger partial charge >= 0.3 is 5.92 Å². The molecule has 0 aliphatic carbocycles. The molecule has 0 aromatic rings. The zero-order valence-corrected chi connectivity index (χ0v) is 6.84. The van der Waals surface area contributed by atoms with Gasteiger partial charge in [-0.15, -0.1) is 0 Å². The average Bonchev–Trinajstić information content (AvgIpc) is 2.02. The van der Waals surface area contributed by atoms with Gasteiger partial charge in [-0.1, -0.05) is 0 Å². The van der Waals surface area contributed by atoms with Crippen LogP contribution in [0.2, 0.25) is 0 Å². The molecule has 0 bridgehead atoms. The molecule has 0 aliphatic rings. The molecule has 0 nitrogen and oxygen atoms in total. The lowest BCUT2D eigenvalue weighted by atomic mass is 10.0. The molecule has 0 amide bonds. The van der Waals surface area contributed by atoms with Crippen molar-refractivity contribution in [2.45, 2.75) is 37.5 Å². The molecule has 13 heavy (non-hydrogen) atoms. The largest absolute Gasteiger partial charge is 0.314 e. The normalized spacial score (nSPS) is 18.5. The van der Waals surface area contributed by atoms with Crippen molar-refractivity contribution in [3.63, 3.8) is 0 Å². The monoisotopic (exact) mass is 207 g/mol. The molecular weight excluding hydrogens is 198 g/mol. The molecule has 79 valence electrons. The van der Waals surface area contributed by atoms with Gasteiger partial charge in [0.25, 0.3) is 5.92 Å². The topological polar surface area (TPSA) is 0 Å². The Morgan fingerprint density at radius 3 is 1.77 bits per heavy atom. The highest BCUT2D eigenvalue weighted by Gasteiger charge is 2.57. The van der Waals surface area contributed by atoms with Crippen molar-refractivity contribution in [1.29, 1.82) is 0 Å². The number of halogens is 6. The summed E-state index contributed by atoms with van der Waals surface area (Å²) in [5.74, 6) is -8.98. The maximum atomic E-state index is 12.4. The predicted molar refractivity (Wildman–Crippen MR) is 35.3 cm³/mol. The zero-order valence-electron chi connectivity index (χ0n) is 6.84. The highest BCUT2D eigenvalue weighted by atomic mass is 19.3. The fourth-order valence-corrected chi connectivity index (χ4v) is 0.610. The summed E-state index contributed by atoms with van der Waals surface area (Å²) in [5.41, 5.74) is 0. The van der Waals surface area contributed by atoms with E-state index in [1.807, 2.05) is 0 Å². The Hall–Kier alpha value is -0.420. The van der Waals surface area contributed by atoms with Gasteiger partial charge in [-0.25, -0.2) is 17.6 Å². The second-order valence-corrected chi connectivity index (χ2v) is 2.66. The Balaban J connectivity index is 4.67. The van der Waals surface area contributed by atoms with E-state index in [1.54, 1.807) is 0 Å². The van der Waals surface area contributed by atoms with E-state index in [-0.39, 0.29) is 0 Å². The second-order valence-electron chi connectivity index (χ2n) is 2.66. The molecular formula is C7H9F6. The second kappa shape index (κ2) is 3.75. The van der Waals surface area contributed by atoms with Gasteiger partial charge in [-0.2, -0.15) is 8.78 Å². The summed E-state index contributed by atoms with van der Waals surface area (Å²) in [5, 5.41) is 0. The summed E-state index contributed by atoms with van der Waals surface area (Å²) in [6, 6.07) is 0. The third-order valence-electron chi connectivity index (χ3n) is 1.57. The van der Waals surface area contributed by atoms with Gasteiger partial charge in [0.1, 0.15) is 0 Å². The molecule has 0 saturated carbocycles. The fraction of sp³-hybridized carbons (Fsp3) is 0.857. The molecule has 1 radical (unpaired) electrons. The maximum absolute atomic E-state index is 12.4. The summed E-state index contributed by atoms with van der Waals surface area (Å²) in [6.07, 6.45) is -8.13. The van der Waals surface area contributed by atoms with Gasteiger partial charge < -0.3 is 0 Å². The Labute approximate surface area is 71.9 Å². The van der Waals surface area contributed by atoms with Crippen molar-refractivity contribution < 1.29 is 26.3 Å². The quantitative estimate of drug-likeness (QED) is 0.621. The van der Waals surface area contributed by atoms with E-state index in [2.05, 4.69) is 6.92 Å². The zero-order chi connectivity index (χ0) is 10.9. The summed E-state index contributed by atoms with van der Waals surface area (Å²) in [7, 11) is 0. The highest BCUT2D eigenvalue weighted by molar-refractivity contribution is 4.92. The summed E-state index contributed by atoms with van der Waals surface area (Å²) in [4.78, 5) is 0. The molecule has 0 aromatic heterocycles.